The summed E-state index contributed by atoms with van der Waals surface area (Å²) in [4.78, 5) is 0.122. The molecule has 1 atom stereocenters. The summed E-state index contributed by atoms with van der Waals surface area (Å²) < 4.78 is 25.8. The number of hydrogen-bond donors (Lipinski definition) is 3. The third-order valence-corrected chi connectivity index (χ3v) is 5.65. The van der Waals surface area contributed by atoms with Gasteiger partial charge in [0.1, 0.15) is 4.90 Å². The maximum Gasteiger partial charge on any atom is 0.242 e. The van der Waals surface area contributed by atoms with E-state index in [1.165, 1.54) is 19.9 Å². The Morgan fingerprint density at radius 3 is 2.55 bits per heavy atom. The summed E-state index contributed by atoms with van der Waals surface area (Å²) in [5.41, 5.74) is 7.26. The van der Waals surface area contributed by atoms with Gasteiger partial charge in [0, 0.05) is 11.7 Å². The van der Waals surface area contributed by atoms with Crippen molar-refractivity contribution < 1.29 is 8.42 Å². The highest BCUT2D eigenvalue weighted by atomic mass is 32.2. The summed E-state index contributed by atoms with van der Waals surface area (Å²) in [5, 5.41) is 3.47. The van der Waals surface area contributed by atoms with Crippen molar-refractivity contribution in [3.05, 3.63) is 18.2 Å². The van der Waals surface area contributed by atoms with Crippen LogP contribution in [-0.2, 0) is 10.0 Å². The second-order valence-electron chi connectivity index (χ2n) is 6.04. The third-order valence-electron chi connectivity index (χ3n) is 4.17. The summed E-state index contributed by atoms with van der Waals surface area (Å²) in [6, 6.07) is 5.41. The molecule has 0 spiro atoms. The van der Waals surface area contributed by atoms with Gasteiger partial charge in [-0.05, 0) is 43.5 Å². The lowest BCUT2D eigenvalue weighted by molar-refractivity contribution is 0.350. The van der Waals surface area contributed by atoms with Crippen molar-refractivity contribution in [1.29, 1.82) is 0 Å². The summed E-state index contributed by atoms with van der Waals surface area (Å²) >= 11 is 0. The van der Waals surface area contributed by atoms with Gasteiger partial charge in [0.05, 0.1) is 5.69 Å². The maximum absolute atomic E-state index is 11.8. The second kappa shape index (κ2) is 5.26. The average Bonchev–Trinajstić information content (AvgIpc) is 2.68. The molecule has 6 heteroatoms. The highest BCUT2D eigenvalue weighted by Gasteiger charge is 2.34. The lowest BCUT2D eigenvalue weighted by atomic mass is 9.87. The Morgan fingerprint density at radius 2 is 2.05 bits per heavy atom. The number of nitrogens with one attached hydrogen (secondary N) is 2. The van der Waals surface area contributed by atoms with E-state index < -0.39 is 10.0 Å². The zero-order chi connectivity index (χ0) is 15.0. The van der Waals surface area contributed by atoms with Crippen molar-refractivity contribution in [2.45, 2.75) is 44.0 Å². The van der Waals surface area contributed by atoms with Gasteiger partial charge >= 0.3 is 0 Å². The van der Waals surface area contributed by atoms with Crippen molar-refractivity contribution >= 4 is 21.4 Å². The van der Waals surface area contributed by atoms with Crippen molar-refractivity contribution in [2.75, 3.05) is 18.1 Å². The van der Waals surface area contributed by atoms with Gasteiger partial charge in [0.15, 0.2) is 0 Å². The fraction of sp³-hybridized carbons (Fsp3) is 0.571. The quantitative estimate of drug-likeness (QED) is 0.744. The molecule has 20 heavy (non-hydrogen) atoms. The Kier molecular flexibility index (Phi) is 3.97. The molecule has 4 N–H and O–H groups in total. The van der Waals surface area contributed by atoms with Crippen LogP contribution in [0.15, 0.2) is 23.1 Å². The van der Waals surface area contributed by atoms with E-state index in [2.05, 4.69) is 23.9 Å². The Morgan fingerprint density at radius 1 is 1.35 bits per heavy atom. The minimum Gasteiger partial charge on any atom is -0.398 e. The van der Waals surface area contributed by atoms with Gasteiger partial charge in [-0.15, -0.1) is 0 Å². The molecule has 112 valence electrons. The number of sulfonamides is 1. The first-order chi connectivity index (χ1) is 9.26. The molecule has 2 rings (SSSR count). The van der Waals surface area contributed by atoms with E-state index in [9.17, 15) is 8.42 Å². The minimum absolute atomic E-state index is 0.122. The topological polar surface area (TPSA) is 84.2 Å². The van der Waals surface area contributed by atoms with Crippen LogP contribution in [0, 0.1) is 5.41 Å². The van der Waals surface area contributed by atoms with Crippen molar-refractivity contribution in [1.82, 2.24) is 4.72 Å². The maximum atomic E-state index is 11.8. The molecule has 0 radical (unpaired) electrons. The van der Waals surface area contributed by atoms with E-state index >= 15 is 0 Å². The highest BCUT2D eigenvalue weighted by Crippen LogP contribution is 2.39. The molecule has 0 saturated heterocycles. The molecule has 1 fully saturated rings. The van der Waals surface area contributed by atoms with Gasteiger partial charge in [0.2, 0.25) is 10.0 Å². The van der Waals surface area contributed by atoms with Gasteiger partial charge in [0.25, 0.3) is 0 Å². The van der Waals surface area contributed by atoms with Gasteiger partial charge in [-0.3, -0.25) is 0 Å². The van der Waals surface area contributed by atoms with Gasteiger partial charge in [-0.2, -0.15) is 0 Å². The molecule has 1 unspecified atom stereocenters. The molecule has 1 aromatic carbocycles. The van der Waals surface area contributed by atoms with Crippen LogP contribution in [0.3, 0.4) is 0 Å². The molecule has 1 aliphatic rings. The van der Waals surface area contributed by atoms with E-state index in [0.29, 0.717) is 6.04 Å². The molecule has 0 heterocycles. The molecule has 1 saturated carbocycles. The van der Waals surface area contributed by atoms with Crippen molar-refractivity contribution in [3.63, 3.8) is 0 Å². The predicted molar refractivity (Wildman–Crippen MR) is 82.1 cm³/mol. The van der Waals surface area contributed by atoms with Gasteiger partial charge in [-0.1, -0.05) is 20.3 Å². The SMILES string of the molecule is CNS(=O)(=O)c1ccc(NC2CCCC2(C)C)cc1N. The summed E-state index contributed by atoms with van der Waals surface area (Å²) in [5.74, 6) is 0. The fourth-order valence-electron chi connectivity index (χ4n) is 2.79. The molecule has 0 bridgehead atoms. The van der Waals surface area contributed by atoms with Crippen LogP contribution in [0.25, 0.3) is 0 Å². The van der Waals surface area contributed by atoms with Crippen molar-refractivity contribution in [3.8, 4) is 0 Å². The number of benzene rings is 1. The van der Waals surface area contributed by atoms with E-state index in [0.717, 1.165) is 12.1 Å². The Labute approximate surface area is 121 Å². The zero-order valence-corrected chi connectivity index (χ0v) is 13.0. The van der Waals surface area contributed by atoms with Crippen LogP contribution in [0.1, 0.15) is 33.1 Å². The lowest BCUT2D eigenvalue weighted by Gasteiger charge is -2.29. The van der Waals surface area contributed by atoms with E-state index in [4.69, 9.17) is 5.73 Å². The number of nitrogen functional groups attached to an aromatic ring is 1. The highest BCUT2D eigenvalue weighted by molar-refractivity contribution is 7.89. The normalized spacial score (nSPS) is 21.9. The van der Waals surface area contributed by atoms with E-state index in [1.54, 1.807) is 18.2 Å². The van der Waals surface area contributed by atoms with E-state index in [-0.39, 0.29) is 16.0 Å². The first-order valence-corrected chi connectivity index (χ1v) is 8.34. The molecular formula is C14H23N3O2S. The number of rotatable bonds is 4. The third kappa shape index (κ3) is 2.91. The molecule has 1 aromatic rings. The van der Waals surface area contributed by atoms with E-state index in [1.807, 2.05) is 0 Å². The smallest absolute Gasteiger partial charge is 0.242 e. The molecule has 0 aliphatic heterocycles. The molecular weight excluding hydrogens is 274 g/mol. The van der Waals surface area contributed by atoms with Crippen LogP contribution in [0.5, 0.6) is 0 Å². The lowest BCUT2D eigenvalue weighted by Crippen LogP contribution is -2.30. The Balaban J connectivity index is 2.22. The van der Waals surface area contributed by atoms with Gasteiger partial charge < -0.3 is 11.1 Å². The number of anilines is 2. The molecule has 1 aliphatic carbocycles. The first kappa shape index (κ1) is 15.1. The zero-order valence-electron chi connectivity index (χ0n) is 12.2. The van der Waals surface area contributed by atoms with Crippen LogP contribution in [-0.4, -0.2) is 21.5 Å². The van der Waals surface area contributed by atoms with Crippen molar-refractivity contribution in [2.24, 2.45) is 5.41 Å². The monoisotopic (exact) mass is 297 g/mol. The predicted octanol–water partition coefficient (Wildman–Crippen LogP) is 2.17. The Hall–Kier alpha value is -1.27. The van der Waals surface area contributed by atoms with Crippen LogP contribution in [0.2, 0.25) is 0 Å². The number of hydrogen-bond acceptors (Lipinski definition) is 4. The van der Waals surface area contributed by atoms with Gasteiger partial charge in [-0.25, -0.2) is 13.1 Å². The molecule has 0 amide bonds. The average molecular weight is 297 g/mol. The first-order valence-electron chi connectivity index (χ1n) is 6.86. The summed E-state index contributed by atoms with van der Waals surface area (Å²) in [7, 11) is -2.12. The largest absolute Gasteiger partial charge is 0.398 e. The molecule has 5 nitrogen and oxygen atoms in total. The number of nitrogens with two attached hydrogens (primary N) is 1. The minimum atomic E-state index is -3.50. The van der Waals surface area contributed by atoms with Crippen LogP contribution in [0.4, 0.5) is 11.4 Å². The van der Waals surface area contributed by atoms with Crippen LogP contribution >= 0.6 is 0 Å². The summed E-state index contributed by atoms with van der Waals surface area (Å²) in [6.45, 7) is 4.50. The summed E-state index contributed by atoms with van der Waals surface area (Å²) in [6.07, 6.45) is 3.54. The van der Waals surface area contributed by atoms with Crippen LogP contribution < -0.4 is 15.8 Å². The fourth-order valence-corrected chi connectivity index (χ4v) is 3.62. The standard InChI is InChI=1S/C14H23N3O2S/c1-14(2)8-4-5-13(14)17-10-6-7-12(11(15)9-10)20(18,19)16-3/h6-7,9,13,16-17H,4-5,8,15H2,1-3H3. The Bertz CT molecular complexity index is 596. The second-order valence-corrected chi connectivity index (χ2v) is 7.89. The molecule has 0 aromatic heterocycles.